The van der Waals surface area contributed by atoms with Crippen molar-refractivity contribution in [2.75, 3.05) is 0 Å². The molecule has 52 heavy (non-hydrogen) atoms. The largest absolute Gasteiger partial charge is 0.359 e. The van der Waals surface area contributed by atoms with Gasteiger partial charge < -0.3 is 5.32 Å². The molecule has 10 rings (SSSR count). The van der Waals surface area contributed by atoms with Gasteiger partial charge >= 0.3 is 0 Å². The van der Waals surface area contributed by atoms with Gasteiger partial charge in [-0.1, -0.05) is 146 Å². The molecular formula is C49H33N3. The Balaban J connectivity index is 1.17. The Hall–Kier alpha value is -6.84. The molecular weight excluding hydrogens is 631 g/mol. The molecule has 0 fully saturated rings. The zero-order valence-electron chi connectivity index (χ0n) is 28.4. The van der Waals surface area contributed by atoms with Gasteiger partial charge in [0.1, 0.15) is 5.84 Å². The molecule has 9 aromatic rings. The topological polar surface area (TPSA) is 37.3 Å². The molecule has 0 amide bonds. The van der Waals surface area contributed by atoms with Crippen molar-refractivity contribution in [2.24, 2.45) is 4.99 Å². The number of rotatable bonds is 6. The van der Waals surface area contributed by atoms with E-state index in [2.05, 4.69) is 180 Å². The Bertz CT molecular complexity index is 2770. The maximum Gasteiger partial charge on any atom is 0.134 e. The van der Waals surface area contributed by atoms with Crippen molar-refractivity contribution >= 4 is 43.9 Å². The predicted molar refractivity (Wildman–Crippen MR) is 218 cm³/mol. The van der Waals surface area contributed by atoms with Crippen LogP contribution in [0.4, 0.5) is 0 Å². The summed E-state index contributed by atoms with van der Waals surface area (Å²) < 4.78 is 0. The van der Waals surface area contributed by atoms with E-state index in [9.17, 15) is 0 Å². The Morgan fingerprint density at radius 2 is 1.10 bits per heavy atom. The Labute approximate surface area is 302 Å². The summed E-state index contributed by atoms with van der Waals surface area (Å²) in [6.07, 6.45) is 4.07. The summed E-state index contributed by atoms with van der Waals surface area (Å²) in [6, 6.07) is 62.9. The Kier molecular flexibility index (Phi) is 7.21. The van der Waals surface area contributed by atoms with E-state index in [4.69, 9.17) is 4.99 Å². The highest BCUT2D eigenvalue weighted by Crippen LogP contribution is 2.41. The van der Waals surface area contributed by atoms with Crippen molar-refractivity contribution in [1.82, 2.24) is 10.3 Å². The van der Waals surface area contributed by atoms with Gasteiger partial charge in [0.25, 0.3) is 0 Å². The summed E-state index contributed by atoms with van der Waals surface area (Å²) in [5, 5.41) is 11.5. The van der Waals surface area contributed by atoms with E-state index < -0.39 is 0 Å². The lowest BCUT2D eigenvalue weighted by Crippen LogP contribution is -2.31. The molecule has 1 aliphatic heterocycles. The summed E-state index contributed by atoms with van der Waals surface area (Å²) in [6.45, 7) is 0. The van der Waals surface area contributed by atoms with Gasteiger partial charge in [-0.15, -0.1) is 0 Å². The average molecular weight is 664 g/mol. The van der Waals surface area contributed by atoms with Crippen LogP contribution in [0.5, 0.6) is 0 Å². The van der Waals surface area contributed by atoms with Crippen molar-refractivity contribution in [3.05, 3.63) is 205 Å². The third-order valence-corrected chi connectivity index (χ3v) is 10.3. The number of nitrogens with one attached hydrogen (secondary N) is 1. The molecule has 2 heterocycles. The molecule has 1 aliphatic rings. The number of hydrogen-bond donors (Lipinski definition) is 1. The van der Waals surface area contributed by atoms with Crippen LogP contribution in [0.2, 0.25) is 0 Å². The quantitative estimate of drug-likeness (QED) is 0.180. The molecule has 0 spiro atoms. The fourth-order valence-electron chi connectivity index (χ4n) is 7.73. The van der Waals surface area contributed by atoms with Gasteiger partial charge in [-0.3, -0.25) is 4.98 Å². The normalized spacial score (nSPS) is 14.3. The van der Waals surface area contributed by atoms with E-state index >= 15 is 0 Å². The fourth-order valence-corrected chi connectivity index (χ4v) is 7.73. The Morgan fingerprint density at radius 1 is 0.442 bits per heavy atom. The Morgan fingerprint density at radius 3 is 1.87 bits per heavy atom. The smallest absolute Gasteiger partial charge is 0.134 e. The van der Waals surface area contributed by atoms with E-state index in [1.54, 1.807) is 0 Å². The standard InChI is InChI=1S/C49H33N3/c1-3-10-33(11-4-1)45-31-46(34-12-5-2-6-13-34)52-49(51-45)41-29-39(32-17-19-35(20-18-32)44-16-7-8-27-50-44)28-40(30-41)42-25-23-38-22-21-36-14-9-15-37-24-26-43(42)48(38)47(36)37/h1-31,45H,(H,51,52). The first-order chi connectivity index (χ1) is 25.7. The van der Waals surface area contributed by atoms with Gasteiger partial charge in [-0.05, 0) is 102 Å². The first-order valence-electron chi connectivity index (χ1n) is 17.8. The maximum absolute atomic E-state index is 5.31. The summed E-state index contributed by atoms with van der Waals surface area (Å²) in [5.74, 6) is 0.848. The van der Waals surface area contributed by atoms with E-state index in [1.165, 1.54) is 43.4 Å². The number of pyridine rings is 1. The van der Waals surface area contributed by atoms with Gasteiger partial charge in [-0.2, -0.15) is 0 Å². The van der Waals surface area contributed by atoms with Crippen LogP contribution in [0.1, 0.15) is 22.7 Å². The predicted octanol–water partition coefficient (Wildman–Crippen LogP) is 12.1. The molecule has 3 nitrogen and oxygen atoms in total. The number of amidine groups is 1. The third kappa shape index (κ3) is 5.31. The first kappa shape index (κ1) is 30.0. The van der Waals surface area contributed by atoms with Crippen LogP contribution in [0, 0.1) is 0 Å². The molecule has 8 aromatic carbocycles. The summed E-state index contributed by atoms with van der Waals surface area (Å²) >= 11 is 0. The second-order valence-electron chi connectivity index (χ2n) is 13.5. The summed E-state index contributed by atoms with van der Waals surface area (Å²) in [5.41, 5.74) is 10.9. The molecule has 0 aliphatic carbocycles. The molecule has 1 unspecified atom stereocenters. The zero-order chi connectivity index (χ0) is 34.4. The molecule has 1 N–H and O–H groups in total. The van der Waals surface area contributed by atoms with Gasteiger partial charge in [0.15, 0.2) is 0 Å². The van der Waals surface area contributed by atoms with Gasteiger partial charge in [0.05, 0.1) is 17.4 Å². The van der Waals surface area contributed by atoms with Crippen LogP contribution in [-0.2, 0) is 0 Å². The minimum Gasteiger partial charge on any atom is -0.359 e. The first-order valence-corrected chi connectivity index (χ1v) is 17.8. The van der Waals surface area contributed by atoms with E-state index in [0.29, 0.717) is 0 Å². The number of aliphatic imine (C=N–C) groups is 1. The second-order valence-corrected chi connectivity index (χ2v) is 13.5. The number of benzene rings is 8. The van der Waals surface area contributed by atoms with E-state index in [-0.39, 0.29) is 6.04 Å². The molecule has 244 valence electrons. The van der Waals surface area contributed by atoms with Crippen LogP contribution in [0.25, 0.3) is 71.5 Å². The molecule has 0 radical (unpaired) electrons. The van der Waals surface area contributed by atoms with Crippen LogP contribution < -0.4 is 5.32 Å². The highest BCUT2D eigenvalue weighted by molar-refractivity contribution is 6.25. The fraction of sp³-hybridized carbons (Fsp3) is 0.0204. The monoisotopic (exact) mass is 663 g/mol. The van der Waals surface area contributed by atoms with E-state index in [0.717, 1.165) is 50.6 Å². The van der Waals surface area contributed by atoms with Crippen LogP contribution in [0.15, 0.2) is 193 Å². The molecule has 1 atom stereocenters. The van der Waals surface area contributed by atoms with Crippen molar-refractivity contribution in [3.8, 4) is 33.5 Å². The van der Waals surface area contributed by atoms with Crippen molar-refractivity contribution in [3.63, 3.8) is 0 Å². The van der Waals surface area contributed by atoms with Crippen molar-refractivity contribution in [2.45, 2.75) is 6.04 Å². The van der Waals surface area contributed by atoms with Crippen molar-refractivity contribution < 1.29 is 0 Å². The second kappa shape index (κ2) is 12.5. The maximum atomic E-state index is 5.31. The van der Waals surface area contributed by atoms with Crippen LogP contribution in [-0.4, -0.2) is 10.8 Å². The molecule has 1 aromatic heterocycles. The van der Waals surface area contributed by atoms with Gasteiger partial charge in [-0.25, -0.2) is 4.99 Å². The van der Waals surface area contributed by atoms with Gasteiger partial charge in [0, 0.05) is 17.3 Å². The summed E-state index contributed by atoms with van der Waals surface area (Å²) in [4.78, 5) is 9.89. The minimum atomic E-state index is -0.0387. The van der Waals surface area contributed by atoms with Crippen LogP contribution >= 0.6 is 0 Å². The summed E-state index contributed by atoms with van der Waals surface area (Å²) in [7, 11) is 0. The van der Waals surface area contributed by atoms with Crippen molar-refractivity contribution in [1.29, 1.82) is 0 Å². The number of hydrogen-bond acceptors (Lipinski definition) is 3. The SMILES string of the molecule is C1=C(c2ccccc2)N=C(c2cc(-c3ccc(-c4ccccn4)cc3)cc(-c3ccc4ccc5cccc6ccc3c4c56)c2)NC1c1ccccc1. The molecule has 3 heteroatoms. The lowest BCUT2D eigenvalue weighted by atomic mass is 9.88. The van der Waals surface area contributed by atoms with Gasteiger partial charge in [0.2, 0.25) is 0 Å². The lowest BCUT2D eigenvalue weighted by molar-refractivity contribution is 0.781. The number of nitrogens with zero attached hydrogens (tertiary/aromatic N) is 2. The average Bonchev–Trinajstić information content (AvgIpc) is 3.23. The van der Waals surface area contributed by atoms with E-state index in [1.807, 2.05) is 18.3 Å². The number of aromatic nitrogens is 1. The third-order valence-electron chi connectivity index (χ3n) is 10.3. The highest BCUT2D eigenvalue weighted by Gasteiger charge is 2.21. The van der Waals surface area contributed by atoms with Crippen LogP contribution in [0.3, 0.4) is 0 Å². The molecule has 0 saturated carbocycles. The molecule has 0 saturated heterocycles. The minimum absolute atomic E-state index is 0.0387. The molecule has 0 bridgehead atoms. The zero-order valence-corrected chi connectivity index (χ0v) is 28.4. The lowest BCUT2D eigenvalue weighted by Gasteiger charge is -2.25. The highest BCUT2D eigenvalue weighted by atomic mass is 15.0.